The summed E-state index contributed by atoms with van der Waals surface area (Å²) in [7, 11) is 0. The van der Waals surface area contributed by atoms with Crippen molar-refractivity contribution in [2.24, 2.45) is 10.7 Å². The van der Waals surface area contributed by atoms with E-state index in [4.69, 9.17) is 5.73 Å². The molecular weight excluding hydrogens is 242 g/mol. The maximum Gasteiger partial charge on any atom is 0.196 e. The van der Waals surface area contributed by atoms with Gasteiger partial charge in [0.1, 0.15) is 0 Å². The van der Waals surface area contributed by atoms with Crippen LogP contribution in [0.15, 0.2) is 29.3 Å². The average molecular weight is 263 g/mol. The smallest absolute Gasteiger partial charge is 0.196 e. The summed E-state index contributed by atoms with van der Waals surface area (Å²) in [6.07, 6.45) is 1.14. The van der Waals surface area contributed by atoms with Gasteiger partial charge in [-0.3, -0.25) is 4.99 Å². The van der Waals surface area contributed by atoms with Gasteiger partial charge in [-0.1, -0.05) is 25.1 Å². The lowest BCUT2D eigenvalue weighted by atomic mass is 10.1. The standard InChI is InChI=1S/C14H21N3S/c1-3-18-9-8-12-10-16-14(15)17(12)13-7-5-4-6-11(13)2/h4-7,12H,3,8-10H2,1-2H3,(H2,15,16). The Hall–Kier alpha value is -1.16. The number of anilines is 1. The molecule has 18 heavy (non-hydrogen) atoms. The molecule has 2 N–H and O–H groups in total. The molecule has 4 heteroatoms. The monoisotopic (exact) mass is 263 g/mol. The van der Waals surface area contributed by atoms with Crippen LogP contribution >= 0.6 is 11.8 Å². The lowest BCUT2D eigenvalue weighted by Crippen LogP contribution is -2.41. The minimum atomic E-state index is 0.421. The lowest BCUT2D eigenvalue weighted by molar-refractivity contribution is 0.689. The highest BCUT2D eigenvalue weighted by molar-refractivity contribution is 7.99. The van der Waals surface area contributed by atoms with Crippen LogP contribution in [0.5, 0.6) is 0 Å². The SMILES string of the molecule is CCSCCC1CN=C(N)N1c1ccccc1C. The van der Waals surface area contributed by atoms with Crippen LogP contribution in [0, 0.1) is 6.92 Å². The first-order chi connectivity index (χ1) is 8.74. The van der Waals surface area contributed by atoms with Crippen molar-refractivity contribution in [3.8, 4) is 0 Å². The molecule has 1 aliphatic heterocycles. The highest BCUT2D eigenvalue weighted by Gasteiger charge is 2.27. The molecule has 0 bridgehead atoms. The number of aryl methyl sites for hydroxylation is 1. The Morgan fingerprint density at radius 2 is 2.22 bits per heavy atom. The summed E-state index contributed by atoms with van der Waals surface area (Å²) in [5.74, 6) is 3.01. The molecule has 1 aliphatic rings. The molecule has 0 spiro atoms. The van der Waals surface area contributed by atoms with Gasteiger partial charge in [-0.05, 0) is 36.5 Å². The summed E-state index contributed by atoms with van der Waals surface area (Å²) in [4.78, 5) is 6.61. The summed E-state index contributed by atoms with van der Waals surface area (Å²) >= 11 is 1.98. The Morgan fingerprint density at radius 3 is 2.94 bits per heavy atom. The first-order valence-electron chi connectivity index (χ1n) is 6.46. The largest absolute Gasteiger partial charge is 0.370 e. The fourth-order valence-corrected chi connectivity index (χ4v) is 3.01. The number of nitrogens with two attached hydrogens (primary N) is 1. The minimum absolute atomic E-state index is 0.421. The van der Waals surface area contributed by atoms with E-state index in [1.165, 1.54) is 22.8 Å². The van der Waals surface area contributed by atoms with E-state index in [1.807, 2.05) is 11.8 Å². The van der Waals surface area contributed by atoms with Crippen molar-refractivity contribution in [2.45, 2.75) is 26.3 Å². The van der Waals surface area contributed by atoms with Gasteiger partial charge < -0.3 is 10.6 Å². The van der Waals surface area contributed by atoms with Crippen LogP contribution in [0.2, 0.25) is 0 Å². The molecule has 0 radical (unpaired) electrons. The van der Waals surface area contributed by atoms with Gasteiger partial charge in [-0.2, -0.15) is 11.8 Å². The number of hydrogen-bond donors (Lipinski definition) is 1. The van der Waals surface area contributed by atoms with Crippen molar-refractivity contribution in [1.29, 1.82) is 0 Å². The van der Waals surface area contributed by atoms with E-state index in [0.717, 1.165) is 13.0 Å². The van der Waals surface area contributed by atoms with Gasteiger partial charge in [0.25, 0.3) is 0 Å². The van der Waals surface area contributed by atoms with Crippen molar-refractivity contribution in [1.82, 2.24) is 0 Å². The summed E-state index contributed by atoms with van der Waals surface area (Å²) in [5, 5.41) is 0. The van der Waals surface area contributed by atoms with E-state index in [1.54, 1.807) is 0 Å². The molecule has 98 valence electrons. The van der Waals surface area contributed by atoms with E-state index in [9.17, 15) is 0 Å². The number of rotatable bonds is 5. The van der Waals surface area contributed by atoms with Gasteiger partial charge in [0, 0.05) is 5.69 Å². The zero-order chi connectivity index (χ0) is 13.0. The highest BCUT2D eigenvalue weighted by atomic mass is 32.2. The third-order valence-electron chi connectivity index (χ3n) is 3.25. The number of nitrogens with zero attached hydrogens (tertiary/aromatic N) is 2. The molecule has 0 saturated heterocycles. The van der Waals surface area contributed by atoms with Gasteiger partial charge in [-0.25, -0.2) is 0 Å². The summed E-state index contributed by atoms with van der Waals surface area (Å²) < 4.78 is 0. The van der Waals surface area contributed by atoms with Gasteiger partial charge in [0.05, 0.1) is 12.6 Å². The second-order valence-corrected chi connectivity index (χ2v) is 5.89. The number of thioether (sulfide) groups is 1. The number of para-hydroxylation sites is 1. The first-order valence-corrected chi connectivity index (χ1v) is 7.62. The van der Waals surface area contributed by atoms with Crippen molar-refractivity contribution < 1.29 is 0 Å². The fourth-order valence-electron chi connectivity index (χ4n) is 2.28. The van der Waals surface area contributed by atoms with Crippen LogP contribution in [0.4, 0.5) is 5.69 Å². The van der Waals surface area contributed by atoms with E-state index >= 15 is 0 Å². The zero-order valence-corrected chi connectivity index (χ0v) is 11.9. The molecule has 1 heterocycles. The molecule has 0 fully saturated rings. The van der Waals surface area contributed by atoms with E-state index in [-0.39, 0.29) is 0 Å². The molecule has 0 aromatic heterocycles. The maximum atomic E-state index is 6.04. The van der Waals surface area contributed by atoms with Crippen LogP contribution in [-0.4, -0.2) is 30.1 Å². The van der Waals surface area contributed by atoms with E-state index in [0.29, 0.717) is 12.0 Å². The number of hydrogen-bond acceptors (Lipinski definition) is 4. The number of aliphatic imine (C=N–C) groups is 1. The Bertz CT molecular complexity index is 431. The van der Waals surface area contributed by atoms with Crippen molar-refractivity contribution >= 4 is 23.4 Å². The van der Waals surface area contributed by atoms with Crippen molar-refractivity contribution in [3.05, 3.63) is 29.8 Å². The lowest BCUT2D eigenvalue weighted by Gasteiger charge is -2.27. The minimum Gasteiger partial charge on any atom is -0.370 e. The number of benzene rings is 1. The predicted molar refractivity (Wildman–Crippen MR) is 81.6 cm³/mol. The fraction of sp³-hybridized carbons (Fsp3) is 0.500. The molecule has 1 unspecified atom stereocenters. The Morgan fingerprint density at radius 1 is 1.44 bits per heavy atom. The molecule has 2 rings (SSSR count). The normalized spacial score (nSPS) is 19.1. The topological polar surface area (TPSA) is 41.6 Å². The summed E-state index contributed by atoms with van der Waals surface area (Å²) in [6, 6.07) is 8.79. The van der Waals surface area contributed by atoms with E-state index in [2.05, 4.69) is 48.0 Å². The van der Waals surface area contributed by atoms with Gasteiger partial charge in [-0.15, -0.1) is 0 Å². The van der Waals surface area contributed by atoms with Crippen LogP contribution in [0.25, 0.3) is 0 Å². The molecule has 0 saturated carbocycles. The predicted octanol–water partition coefficient (Wildman–Crippen LogP) is 2.64. The molecule has 0 amide bonds. The zero-order valence-electron chi connectivity index (χ0n) is 11.1. The van der Waals surface area contributed by atoms with Gasteiger partial charge in [0.15, 0.2) is 5.96 Å². The molecule has 3 nitrogen and oxygen atoms in total. The van der Waals surface area contributed by atoms with Crippen LogP contribution in [0.1, 0.15) is 18.9 Å². The van der Waals surface area contributed by atoms with Crippen LogP contribution in [0.3, 0.4) is 0 Å². The van der Waals surface area contributed by atoms with Crippen LogP contribution in [-0.2, 0) is 0 Å². The quantitative estimate of drug-likeness (QED) is 0.830. The van der Waals surface area contributed by atoms with Crippen molar-refractivity contribution in [2.75, 3.05) is 23.0 Å². The molecule has 1 atom stereocenters. The molecule has 1 aromatic rings. The Kier molecular flexibility index (Phi) is 4.53. The number of guanidine groups is 1. The summed E-state index contributed by atoms with van der Waals surface area (Å²) in [5.41, 5.74) is 8.50. The highest BCUT2D eigenvalue weighted by Crippen LogP contribution is 2.26. The van der Waals surface area contributed by atoms with E-state index < -0.39 is 0 Å². The summed E-state index contributed by atoms with van der Waals surface area (Å²) in [6.45, 7) is 5.15. The maximum absolute atomic E-state index is 6.04. The Labute approximate surface area is 113 Å². The molecular formula is C14H21N3S. The molecule has 1 aromatic carbocycles. The first kappa shape index (κ1) is 13.3. The second-order valence-electron chi connectivity index (χ2n) is 4.49. The van der Waals surface area contributed by atoms with Gasteiger partial charge >= 0.3 is 0 Å². The Balaban J connectivity index is 2.12. The van der Waals surface area contributed by atoms with Crippen molar-refractivity contribution in [3.63, 3.8) is 0 Å². The second kappa shape index (κ2) is 6.14. The van der Waals surface area contributed by atoms with Crippen LogP contribution < -0.4 is 10.6 Å². The third kappa shape index (κ3) is 2.80. The van der Waals surface area contributed by atoms with Gasteiger partial charge in [0.2, 0.25) is 0 Å². The third-order valence-corrected chi connectivity index (χ3v) is 4.18. The molecule has 0 aliphatic carbocycles. The average Bonchev–Trinajstić information content (AvgIpc) is 2.72.